The van der Waals surface area contributed by atoms with E-state index in [0.717, 1.165) is 13.1 Å². The van der Waals surface area contributed by atoms with Gasteiger partial charge in [-0.05, 0) is 63.5 Å². The fourth-order valence-electron chi connectivity index (χ4n) is 4.75. The predicted molar refractivity (Wildman–Crippen MR) is 108 cm³/mol. The largest absolute Gasteiger partial charge is 0.330 e. The first kappa shape index (κ1) is 18.6. The molecule has 3 heterocycles. The third-order valence-electron chi connectivity index (χ3n) is 6.42. The van der Waals surface area contributed by atoms with Crippen LogP contribution in [0.3, 0.4) is 0 Å². The maximum Gasteiger partial charge on any atom is 0.0951 e. The molecule has 1 aliphatic heterocycles. The number of aromatic nitrogens is 3. The van der Waals surface area contributed by atoms with E-state index >= 15 is 0 Å². The van der Waals surface area contributed by atoms with Crippen LogP contribution < -0.4 is 0 Å². The van der Waals surface area contributed by atoms with Crippen LogP contribution in [0.1, 0.15) is 62.2 Å². The Labute approximate surface area is 163 Å². The molecule has 2 aromatic rings. The van der Waals surface area contributed by atoms with Crippen LogP contribution in [-0.4, -0.2) is 50.5 Å². The van der Waals surface area contributed by atoms with E-state index in [2.05, 4.69) is 56.0 Å². The van der Waals surface area contributed by atoms with E-state index in [1.165, 1.54) is 69.3 Å². The van der Waals surface area contributed by atoms with E-state index < -0.39 is 0 Å². The van der Waals surface area contributed by atoms with Crippen molar-refractivity contribution in [1.82, 2.24) is 24.3 Å². The molecule has 0 radical (unpaired) electrons. The van der Waals surface area contributed by atoms with Crippen LogP contribution in [0, 0.1) is 0 Å². The highest BCUT2D eigenvalue weighted by molar-refractivity contribution is 5.11. The van der Waals surface area contributed by atoms with Crippen LogP contribution in [0.15, 0.2) is 37.1 Å². The molecule has 0 bridgehead atoms. The van der Waals surface area contributed by atoms with Gasteiger partial charge in [0, 0.05) is 43.8 Å². The Hall–Kier alpha value is -1.72. The first-order valence-electron chi connectivity index (χ1n) is 10.6. The second-order valence-electron chi connectivity index (χ2n) is 8.38. The van der Waals surface area contributed by atoms with Gasteiger partial charge in [-0.15, -0.1) is 0 Å². The zero-order valence-corrected chi connectivity index (χ0v) is 16.6. The highest BCUT2D eigenvalue weighted by Gasteiger charge is 2.25. The number of nitrogens with zero attached hydrogens (tertiary/aromatic N) is 5. The van der Waals surface area contributed by atoms with Crippen molar-refractivity contribution in [3.8, 4) is 0 Å². The van der Waals surface area contributed by atoms with E-state index in [1.54, 1.807) is 0 Å². The normalized spacial score (nSPS) is 20.4. The third kappa shape index (κ3) is 4.77. The lowest BCUT2D eigenvalue weighted by Crippen LogP contribution is -2.43. The van der Waals surface area contributed by atoms with E-state index in [4.69, 9.17) is 0 Å². The minimum Gasteiger partial charge on any atom is -0.330 e. The second-order valence-corrected chi connectivity index (χ2v) is 8.38. The maximum atomic E-state index is 4.53. The van der Waals surface area contributed by atoms with Crippen LogP contribution in [0.5, 0.6) is 0 Å². The summed E-state index contributed by atoms with van der Waals surface area (Å²) in [5.74, 6) is 0. The lowest BCUT2D eigenvalue weighted by molar-refractivity contribution is 0.105. The molecule has 1 saturated carbocycles. The van der Waals surface area contributed by atoms with Crippen LogP contribution >= 0.6 is 0 Å². The maximum absolute atomic E-state index is 4.53. The summed E-state index contributed by atoms with van der Waals surface area (Å²) in [6, 6.07) is 5.60. The van der Waals surface area contributed by atoms with Crippen molar-refractivity contribution in [1.29, 1.82) is 0 Å². The third-order valence-corrected chi connectivity index (χ3v) is 6.42. The number of piperidine rings is 1. The monoisotopic (exact) mass is 367 g/mol. The fourth-order valence-corrected chi connectivity index (χ4v) is 4.75. The van der Waals surface area contributed by atoms with Crippen molar-refractivity contribution in [2.45, 2.75) is 70.1 Å². The molecule has 1 aliphatic carbocycles. The minimum absolute atomic E-state index is 0.643. The molecule has 2 fully saturated rings. The van der Waals surface area contributed by atoms with Gasteiger partial charge in [-0.2, -0.15) is 0 Å². The molecule has 0 aromatic carbocycles. The SMILES string of the molecule is CN1CCC(N(Cc2ccncc2)Cc2cncn2C2CCCCC2)CC1. The number of pyridine rings is 1. The van der Waals surface area contributed by atoms with Gasteiger partial charge in [0.05, 0.1) is 12.0 Å². The molecule has 0 N–H and O–H groups in total. The molecule has 5 heteroatoms. The summed E-state index contributed by atoms with van der Waals surface area (Å²) in [7, 11) is 2.24. The first-order chi connectivity index (χ1) is 13.3. The summed E-state index contributed by atoms with van der Waals surface area (Å²) in [4.78, 5) is 13.9. The Morgan fingerprint density at radius 3 is 2.44 bits per heavy atom. The summed E-state index contributed by atoms with van der Waals surface area (Å²) in [5, 5.41) is 0. The van der Waals surface area contributed by atoms with E-state index in [9.17, 15) is 0 Å². The average Bonchev–Trinajstić information content (AvgIpc) is 3.18. The van der Waals surface area contributed by atoms with E-state index in [-0.39, 0.29) is 0 Å². The molecule has 4 rings (SSSR count). The second kappa shape index (κ2) is 8.98. The van der Waals surface area contributed by atoms with Crippen LogP contribution in [-0.2, 0) is 13.1 Å². The van der Waals surface area contributed by atoms with Gasteiger partial charge in [-0.1, -0.05) is 19.3 Å². The topological polar surface area (TPSA) is 37.2 Å². The molecule has 0 unspecified atom stereocenters. The molecule has 146 valence electrons. The van der Waals surface area contributed by atoms with Gasteiger partial charge in [0.25, 0.3) is 0 Å². The molecule has 27 heavy (non-hydrogen) atoms. The molecule has 0 spiro atoms. The molecule has 1 saturated heterocycles. The van der Waals surface area contributed by atoms with Crippen LogP contribution in [0.2, 0.25) is 0 Å². The minimum atomic E-state index is 0.643. The number of rotatable bonds is 6. The lowest BCUT2D eigenvalue weighted by Gasteiger charge is -2.38. The summed E-state index contributed by atoms with van der Waals surface area (Å²) in [6.45, 7) is 4.37. The number of likely N-dealkylation sites (tertiary alicyclic amines) is 1. The molecule has 0 amide bonds. The van der Waals surface area contributed by atoms with Gasteiger partial charge >= 0.3 is 0 Å². The van der Waals surface area contributed by atoms with Gasteiger partial charge in [0.1, 0.15) is 0 Å². The quantitative estimate of drug-likeness (QED) is 0.776. The number of hydrogen-bond donors (Lipinski definition) is 0. The van der Waals surface area contributed by atoms with Crippen LogP contribution in [0.4, 0.5) is 0 Å². The van der Waals surface area contributed by atoms with Crippen molar-refractivity contribution in [3.63, 3.8) is 0 Å². The summed E-state index contributed by atoms with van der Waals surface area (Å²) < 4.78 is 2.48. The summed E-state index contributed by atoms with van der Waals surface area (Å²) in [6.07, 6.45) is 17.2. The Bertz CT molecular complexity index is 684. The molecular formula is C22H33N5. The Morgan fingerprint density at radius 1 is 0.963 bits per heavy atom. The molecule has 2 aromatic heterocycles. The first-order valence-corrected chi connectivity index (χ1v) is 10.6. The van der Waals surface area contributed by atoms with E-state index in [0.29, 0.717) is 12.1 Å². The Balaban J connectivity index is 1.51. The van der Waals surface area contributed by atoms with Crippen LogP contribution in [0.25, 0.3) is 0 Å². The van der Waals surface area contributed by atoms with Crippen molar-refractivity contribution >= 4 is 0 Å². The lowest BCUT2D eigenvalue weighted by atomic mass is 9.95. The van der Waals surface area contributed by atoms with Crippen molar-refractivity contribution in [3.05, 3.63) is 48.3 Å². The highest BCUT2D eigenvalue weighted by atomic mass is 15.2. The summed E-state index contributed by atoms with van der Waals surface area (Å²) >= 11 is 0. The molecule has 2 aliphatic rings. The van der Waals surface area contributed by atoms with Crippen molar-refractivity contribution in [2.24, 2.45) is 0 Å². The number of imidazole rings is 1. The van der Waals surface area contributed by atoms with Gasteiger partial charge < -0.3 is 9.47 Å². The van der Waals surface area contributed by atoms with Crippen molar-refractivity contribution in [2.75, 3.05) is 20.1 Å². The molecule has 5 nitrogen and oxygen atoms in total. The van der Waals surface area contributed by atoms with Gasteiger partial charge in [-0.25, -0.2) is 4.98 Å². The zero-order valence-electron chi connectivity index (χ0n) is 16.6. The van der Waals surface area contributed by atoms with Gasteiger partial charge in [-0.3, -0.25) is 9.88 Å². The number of hydrogen-bond acceptors (Lipinski definition) is 4. The Morgan fingerprint density at radius 2 is 1.70 bits per heavy atom. The van der Waals surface area contributed by atoms with E-state index in [1.807, 2.05) is 12.4 Å². The smallest absolute Gasteiger partial charge is 0.0951 e. The molecule has 0 atom stereocenters. The Kier molecular flexibility index (Phi) is 6.20. The highest BCUT2D eigenvalue weighted by Crippen LogP contribution is 2.30. The predicted octanol–water partition coefficient (Wildman–Crippen LogP) is 3.88. The zero-order chi connectivity index (χ0) is 18.5. The average molecular weight is 368 g/mol. The van der Waals surface area contributed by atoms with Gasteiger partial charge in [0.15, 0.2) is 0 Å². The summed E-state index contributed by atoms with van der Waals surface area (Å²) in [5.41, 5.74) is 2.74. The fraction of sp³-hybridized carbons (Fsp3) is 0.636. The van der Waals surface area contributed by atoms with Crippen molar-refractivity contribution < 1.29 is 0 Å². The standard InChI is InChI=1S/C22H33N5/c1-25-13-9-20(10-14-25)26(16-19-7-11-23-12-8-19)17-22-15-24-18-27(22)21-5-3-2-4-6-21/h7-8,11-12,15,18,20-21H,2-6,9-10,13-14,16-17H2,1H3. The van der Waals surface area contributed by atoms with Gasteiger partial charge in [0.2, 0.25) is 0 Å². The molecular weight excluding hydrogens is 334 g/mol.